The summed E-state index contributed by atoms with van der Waals surface area (Å²) in [5.74, 6) is -4.05. The van der Waals surface area contributed by atoms with E-state index in [4.69, 9.17) is 16.3 Å². The summed E-state index contributed by atoms with van der Waals surface area (Å²) in [6, 6.07) is 0.504. The third kappa shape index (κ3) is 7.04. The molecule has 1 unspecified atom stereocenters. The van der Waals surface area contributed by atoms with Gasteiger partial charge in [-0.15, -0.1) is 11.3 Å². The maximum absolute atomic E-state index is 14.4. The number of ether oxygens (including phenoxy) is 1. The Bertz CT molecular complexity index is 1400. The number of halogens is 3. The van der Waals surface area contributed by atoms with Gasteiger partial charge in [0.15, 0.2) is 22.5 Å². The lowest BCUT2D eigenvalue weighted by atomic mass is 9.80. The molecule has 0 spiro atoms. The molecule has 2 heterocycles. The van der Waals surface area contributed by atoms with Gasteiger partial charge in [-0.2, -0.15) is 0 Å². The van der Waals surface area contributed by atoms with Gasteiger partial charge in [0.1, 0.15) is 6.04 Å². The van der Waals surface area contributed by atoms with Crippen molar-refractivity contribution in [3.8, 4) is 0 Å². The highest BCUT2D eigenvalue weighted by molar-refractivity contribution is 7.89. The average Bonchev–Trinajstić information content (AvgIpc) is 3.46. The summed E-state index contributed by atoms with van der Waals surface area (Å²) in [4.78, 5) is 21.3. The van der Waals surface area contributed by atoms with Crippen LogP contribution in [0.4, 0.5) is 8.78 Å². The number of aliphatic hydroxyl groups is 1. The molecule has 0 bridgehead atoms. The van der Waals surface area contributed by atoms with E-state index in [1.165, 1.54) is 24.5 Å². The van der Waals surface area contributed by atoms with Crippen molar-refractivity contribution in [3.05, 3.63) is 62.2 Å². The van der Waals surface area contributed by atoms with Crippen molar-refractivity contribution in [1.82, 2.24) is 15.0 Å². The van der Waals surface area contributed by atoms with Gasteiger partial charge in [0.2, 0.25) is 10.0 Å². The molecule has 1 aromatic carbocycles. The van der Waals surface area contributed by atoms with Gasteiger partial charge >= 0.3 is 5.97 Å². The molecule has 4 rings (SSSR count). The van der Waals surface area contributed by atoms with Gasteiger partial charge in [0.25, 0.3) is 0 Å². The maximum Gasteiger partial charge on any atom is 0.335 e. The molecule has 2 aromatic rings. The van der Waals surface area contributed by atoms with Crippen molar-refractivity contribution >= 4 is 44.8 Å². The Balaban J connectivity index is 1.58. The summed E-state index contributed by atoms with van der Waals surface area (Å²) in [6.07, 6.45) is 2.46. The molecule has 1 aliphatic heterocycles. The van der Waals surface area contributed by atoms with Gasteiger partial charge in [-0.05, 0) is 44.1 Å². The Labute approximate surface area is 239 Å². The number of aliphatic imine (C=N–C) groups is 1. The SMILES string of the molecule is COC[C@H](O)CCS(=O)(=O)NC1CCC(C2=C(C(=O)O)C(c3ccc(F)c(F)c3Cl)N=C(c3nccs3)N2)CC1. The average molecular weight is 619 g/mol. The number of carboxylic acid groups (broad SMARTS) is 1. The number of aromatic nitrogens is 1. The highest BCUT2D eigenvalue weighted by Gasteiger charge is 2.38. The minimum absolute atomic E-state index is 0.00290. The molecule has 2 atom stereocenters. The first kappa shape index (κ1) is 30.5. The maximum atomic E-state index is 14.4. The predicted molar refractivity (Wildman–Crippen MR) is 146 cm³/mol. The Morgan fingerprint density at radius 1 is 1.30 bits per heavy atom. The summed E-state index contributed by atoms with van der Waals surface area (Å²) in [5, 5.41) is 24.8. The van der Waals surface area contributed by atoms with Crippen LogP contribution in [0.25, 0.3) is 0 Å². The highest BCUT2D eigenvalue weighted by atomic mass is 35.5. The number of nitrogens with zero attached hydrogens (tertiary/aromatic N) is 2. The van der Waals surface area contributed by atoms with E-state index in [-0.39, 0.29) is 47.7 Å². The Morgan fingerprint density at radius 2 is 2.02 bits per heavy atom. The smallest absolute Gasteiger partial charge is 0.335 e. The van der Waals surface area contributed by atoms with Gasteiger partial charge in [-0.1, -0.05) is 17.7 Å². The van der Waals surface area contributed by atoms with Gasteiger partial charge in [-0.25, -0.2) is 31.7 Å². The van der Waals surface area contributed by atoms with Crippen LogP contribution in [-0.4, -0.2) is 67.0 Å². The van der Waals surface area contributed by atoms with Gasteiger partial charge < -0.3 is 20.3 Å². The normalized spacial score (nSPS) is 22.5. The van der Waals surface area contributed by atoms with Crippen molar-refractivity contribution in [3.63, 3.8) is 0 Å². The van der Waals surface area contributed by atoms with E-state index >= 15 is 0 Å². The molecule has 218 valence electrons. The fourth-order valence-electron chi connectivity index (χ4n) is 4.93. The lowest BCUT2D eigenvalue weighted by molar-refractivity contribution is -0.133. The highest BCUT2D eigenvalue weighted by Crippen LogP contribution is 2.41. The quantitative estimate of drug-likeness (QED) is 0.280. The zero-order chi connectivity index (χ0) is 29.0. The Kier molecular flexibility index (Phi) is 9.90. The van der Waals surface area contributed by atoms with E-state index in [2.05, 4.69) is 20.0 Å². The second-order valence-electron chi connectivity index (χ2n) is 9.62. The molecule has 2 aliphatic rings. The first-order valence-electron chi connectivity index (χ1n) is 12.5. The topological polar surface area (TPSA) is 150 Å². The van der Waals surface area contributed by atoms with Gasteiger partial charge in [0.05, 0.1) is 29.1 Å². The predicted octanol–water partition coefficient (Wildman–Crippen LogP) is 3.38. The number of hydrogen-bond donors (Lipinski definition) is 4. The van der Waals surface area contributed by atoms with E-state index in [1.807, 2.05) is 0 Å². The van der Waals surface area contributed by atoms with Crippen molar-refractivity contribution in [1.29, 1.82) is 0 Å². The summed E-state index contributed by atoms with van der Waals surface area (Å²) in [5.41, 5.74) is 0.204. The summed E-state index contributed by atoms with van der Waals surface area (Å²) in [7, 11) is -2.23. The number of hydrogen-bond acceptors (Lipinski definition) is 9. The van der Waals surface area contributed by atoms with Crippen LogP contribution in [0.3, 0.4) is 0 Å². The number of aliphatic carboxylic acids is 1. The van der Waals surface area contributed by atoms with E-state index in [0.717, 1.165) is 6.07 Å². The molecule has 1 fully saturated rings. The first-order valence-corrected chi connectivity index (χ1v) is 15.4. The van der Waals surface area contributed by atoms with Crippen LogP contribution in [0.5, 0.6) is 0 Å². The lowest BCUT2D eigenvalue weighted by Crippen LogP contribution is -2.42. The van der Waals surface area contributed by atoms with E-state index < -0.39 is 44.8 Å². The van der Waals surface area contributed by atoms with Crippen molar-refractivity contribution in [2.75, 3.05) is 19.5 Å². The number of carboxylic acids is 1. The second-order valence-corrected chi connectivity index (χ2v) is 12.8. The fourth-order valence-corrected chi connectivity index (χ4v) is 7.22. The Hall–Kier alpha value is -2.49. The molecule has 0 saturated heterocycles. The zero-order valence-electron chi connectivity index (χ0n) is 21.4. The molecule has 1 aliphatic carbocycles. The first-order chi connectivity index (χ1) is 19.0. The lowest BCUT2D eigenvalue weighted by Gasteiger charge is -2.35. The van der Waals surface area contributed by atoms with Crippen LogP contribution in [0.1, 0.15) is 48.7 Å². The van der Waals surface area contributed by atoms with Crippen LogP contribution < -0.4 is 10.0 Å². The molecule has 10 nitrogen and oxygen atoms in total. The number of nitrogens with one attached hydrogen (secondary N) is 2. The van der Waals surface area contributed by atoms with Gasteiger partial charge in [-0.3, -0.25) is 4.99 Å². The minimum Gasteiger partial charge on any atom is -0.478 e. The molecular weight excluding hydrogens is 590 g/mol. The molecule has 15 heteroatoms. The number of aliphatic hydroxyl groups excluding tert-OH is 1. The van der Waals surface area contributed by atoms with E-state index in [9.17, 15) is 32.2 Å². The number of benzene rings is 1. The van der Waals surface area contributed by atoms with Crippen molar-refractivity contribution in [2.24, 2.45) is 10.9 Å². The van der Waals surface area contributed by atoms with E-state index in [0.29, 0.717) is 36.4 Å². The number of allylic oxidation sites excluding steroid dienone is 1. The second kappa shape index (κ2) is 13.0. The largest absolute Gasteiger partial charge is 0.478 e. The number of methoxy groups -OCH3 is 1. The number of carbonyl (C=O) groups is 1. The third-order valence-electron chi connectivity index (χ3n) is 6.86. The van der Waals surface area contributed by atoms with E-state index in [1.54, 1.807) is 11.6 Å². The molecule has 1 aromatic heterocycles. The standard InChI is InChI=1S/C25H29ClF2N4O6S2/c1-38-12-15(33)8-11-40(36,37)32-14-4-2-13(3-5-14)21-18(25(34)35)22(16-6-7-17(27)20(28)19(16)26)31-23(30-21)24-29-9-10-39-24/h6-7,9-10,13-15,22,32-33H,2-5,8,11-12H2,1H3,(H,30,31)(H,34,35)/t13?,14?,15-,22?/m1/s1. The van der Waals surface area contributed by atoms with Crippen molar-refractivity contribution in [2.45, 2.75) is 50.3 Å². The zero-order valence-corrected chi connectivity index (χ0v) is 23.8. The summed E-state index contributed by atoms with van der Waals surface area (Å²) in [6.45, 7) is 0.0394. The molecule has 1 saturated carbocycles. The molecule has 0 amide bonds. The third-order valence-corrected chi connectivity index (χ3v) is 9.49. The van der Waals surface area contributed by atoms with Crippen LogP contribution in [0, 0.1) is 17.6 Å². The van der Waals surface area contributed by atoms with Crippen LogP contribution >= 0.6 is 22.9 Å². The Morgan fingerprint density at radius 3 is 2.65 bits per heavy atom. The number of sulfonamides is 1. The monoisotopic (exact) mass is 618 g/mol. The molecular formula is C25H29ClF2N4O6S2. The number of thiazole rings is 1. The molecule has 0 radical (unpaired) electrons. The molecule has 40 heavy (non-hydrogen) atoms. The number of rotatable bonds is 11. The van der Waals surface area contributed by atoms with Crippen LogP contribution in [0.2, 0.25) is 5.02 Å². The van der Waals surface area contributed by atoms with Crippen LogP contribution in [-0.2, 0) is 19.6 Å². The molecule has 4 N–H and O–H groups in total. The van der Waals surface area contributed by atoms with Crippen LogP contribution in [0.15, 0.2) is 40.0 Å². The summed E-state index contributed by atoms with van der Waals surface area (Å²) < 4.78 is 60.8. The van der Waals surface area contributed by atoms with Gasteiger partial charge in [0, 0.05) is 36.0 Å². The number of amidine groups is 1. The van der Waals surface area contributed by atoms with Crippen molar-refractivity contribution < 1.29 is 36.9 Å². The minimum atomic E-state index is -3.65. The summed E-state index contributed by atoms with van der Waals surface area (Å²) >= 11 is 7.40. The fraction of sp³-hybridized carbons (Fsp3) is 0.480.